The number of hydrogen-bond donors (Lipinski definition) is 0. The second kappa shape index (κ2) is 6.03. The van der Waals surface area contributed by atoms with E-state index in [1.54, 1.807) is 18.2 Å². The zero-order valence-electron chi connectivity index (χ0n) is 9.40. The quantitative estimate of drug-likeness (QED) is 0.602. The molecular weight excluding hydrogens is 271 g/mol. The summed E-state index contributed by atoms with van der Waals surface area (Å²) in [5.41, 5.74) is 1.59. The highest BCUT2D eigenvalue weighted by molar-refractivity contribution is 7.98. The number of halogens is 2. The minimum atomic E-state index is -0.418. The van der Waals surface area contributed by atoms with Crippen LogP contribution in [-0.2, 0) is 5.75 Å². The predicted octanol–water partition coefficient (Wildman–Crippen LogP) is 4.58. The van der Waals surface area contributed by atoms with Crippen molar-refractivity contribution in [1.82, 2.24) is 0 Å². The summed E-state index contributed by atoms with van der Waals surface area (Å²) in [4.78, 5) is 11.8. The highest BCUT2D eigenvalue weighted by atomic mass is 35.5. The van der Waals surface area contributed by atoms with E-state index in [0.29, 0.717) is 11.3 Å². The van der Waals surface area contributed by atoms with Crippen LogP contribution in [-0.4, -0.2) is 6.29 Å². The number of carbonyl (C=O) groups excluding carboxylic acids is 1. The molecule has 0 aliphatic rings. The van der Waals surface area contributed by atoms with E-state index in [-0.39, 0.29) is 5.02 Å². The first-order valence-corrected chi connectivity index (χ1v) is 6.68. The van der Waals surface area contributed by atoms with Gasteiger partial charge in [-0.1, -0.05) is 35.9 Å². The lowest BCUT2D eigenvalue weighted by Gasteiger charge is -2.05. The Morgan fingerprint density at radius 1 is 1.22 bits per heavy atom. The van der Waals surface area contributed by atoms with Gasteiger partial charge in [0.15, 0.2) is 6.29 Å². The summed E-state index contributed by atoms with van der Waals surface area (Å²) in [5.74, 6) is 0.226. The first-order chi connectivity index (χ1) is 8.70. The van der Waals surface area contributed by atoms with Gasteiger partial charge in [-0.05, 0) is 23.8 Å². The van der Waals surface area contributed by atoms with Crippen molar-refractivity contribution in [1.29, 1.82) is 0 Å². The summed E-state index contributed by atoms with van der Waals surface area (Å²) < 4.78 is 13.0. The molecule has 0 bridgehead atoms. The van der Waals surface area contributed by atoms with E-state index in [1.165, 1.54) is 17.8 Å². The Labute approximate surface area is 114 Å². The van der Waals surface area contributed by atoms with Crippen molar-refractivity contribution in [2.75, 3.05) is 0 Å². The van der Waals surface area contributed by atoms with Crippen LogP contribution in [0.15, 0.2) is 47.4 Å². The number of thioether (sulfide) groups is 1. The maximum Gasteiger partial charge on any atom is 0.151 e. The molecule has 0 heterocycles. The molecule has 2 rings (SSSR count). The molecular formula is C14H10ClFOS. The van der Waals surface area contributed by atoms with Gasteiger partial charge < -0.3 is 0 Å². The summed E-state index contributed by atoms with van der Waals surface area (Å²) in [7, 11) is 0. The molecule has 0 N–H and O–H groups in total. The monoisotopic (exact) mass is 280 g/mol. The average molecular weight is 281 g/mol. The van der Waals surface area contributed by atoms with E-state index in [2.05, 4.69) is 0 Å². The van der Waals surface area contributed by atoms with Gasteiger partial charge in [0.2, 0.25) is 0 Å². The fourth-order valence-corrected chi connectivity index (χ4v) is 2.66. The van der Waals surface area contributed by atoms with Crippen molar-refractivity contribution in [2.24, 2.45) is 0 Å². The molecule has 0 atom stereocenters. The van der Waals surface area contributed by atoms with Crippen molar-refractivity contribution < 1.29 is 9.18 Å². The molecule has 2 aromatic rings. The van der Waals surface area contributed by atoms with Gasteiger partial charge in [0.25, 0.3) is 0 Å². The molecule has 0 unspecified atom stereocenters. The van der Waals surface area contributed by atoms with E-state index in [9.17, 15) is 9.18 Å². The van der Waals surface area contributed by atoms with Gasteiger partial charge in [0.1, 0.15) is 5.82 Å². The first-order valence-electron chi connectivity index (χ1n) is 5.31. The van der Waals surface area contributed by atoms with Crippen LogP contribution < -0.4 is 0 Å². The smallest absolute Gasteiger partial charge is 0.151 e. The van der Waals surface area contributed by atoms with Gasteiger partial charge in [0, 0.05) is 16.2 Å². The minimum absolute atomic E-state index is 0.122. The highest BCUT2D eigenvalue weighted by Gasteiger charge is 2.04. The van der Waals surface area contributed by atoms with Crippen LogP contribution >= 0.6 is 23.4 Å². The largest absolute Gasteiger partial charge is 0.298 e. The fourth-order valence-electron chi connectivity index (χ4n) is 1.50. The molecule has 0 fully saturated rings. The summed E-state index contributed by atoms with van der Waals surface area (Å²) in [5, 5.41) is 0.122. The Morgan fingerprint density at radius 3 is 2.72 bits per heavy atom. The Bertz CT molecular complexity index is 571. The standard InChI is InChI=1S/C14H10ClFOS/c15-12-7-10(5-6-13(12)16)9-18-14-4-2-1-3-11(14)8-17/h1-8H,9H2. The number of hydrogen-bond acceptors (Lipinski definition) is 2. The zero-order valence-corrected chi connectivity index (χ0v) is 11.0. The molecule has 0 aliphatic carbocycles. The van der Waals surface area contributed by atoms with Gasteiger partial charge in [-0.2, -0.15) is 0 Å². The lowest BCUT2D eigenvalue weighted by Crippen LogP contribution is -1.87. The van der Waals surface area contributed by atoms with E-state index in [1.807, 2.05) is 18.2 Å². The molecule has 2 aromatic carbocycles. The van der Waals surface area contributed by atoms with Crippen LogP contribution in [0, 0.1) is 5.82 Å². The van der Waals surface area contributed by atoms with Gasteiger partial charge >= 0.3 is 0 Å². The lowest BCUT2D eigenvalue weighted by atomic mass is 10.2. The summed E-state index contributed by atoms with van der Waals surface area (Å²) >= 11 is 7.24. The van der Waals surface area contributed by atoms with Crippen molar-refractivity contribution in [3.63, 3.8) is 0 Å². The van der Waals surface area contributed by atoms with Gasteiger partial charge in [-0.25, -0.2) is 4.39 Å². The SMILES string of the molecule is O=Cc1ccccc1SCc1ccc(F)c(Cl)c1. The third-order valence-corrected chi connectivity index (χ3v) is 3.87. The van der Waals surface area contributed by atoms with Gasteiger partial charge in [0.05, 0.1) is 5.02 Å². The molecule has 4 heteroatoms. The maximum atomic E-state index is 13.0. The van der Waals surface area contributed by atoms with E-state index in [0.717, 1.165) is 16.7 Å². The molecule has 0 aromatic heterocycles. The van der Waals surface area contributed by atoms with Crippen molar-refractivity contribution in [3.05, 3.63) is 64.4 Å². The number of benzene rings is 2. The summed E-state index contributed by atoms with van der Waals surface area (Å²) in [6.45, 7) is 0. The number of carbonyl (C=O) groups is 1. The van der Waals surface area contributed by atoms with Crippen LogP contribution in [0.5, 0.6) is 0 Å². The van der Waals surface area contributed by atoms with E-state index >= 15 is 0 Å². The maximum absolute atomic E-state index is 13.0. The van der Waals surface area contributed by atoms with E-state index in [4.69, 9.17) is 11.6 Å². The van der Waals surface area contributed by atoms with Crippen molar-refractivity contribution in [3.8, 4) is 0 Å². The number of rotatable bonds is 4. The Hall–Kier alpha value is -1.32. The molecule has 0 aliphatic heterocycles. The molecule has 18 heavy (non-hydrogen) atoms. The van der Waals surface area contributed by atoms with Crippen LogP contribution in [0.1, 0.15) is 15.9 Å². The molecule has 1 nitrogen and oxygen atoms in total. The van der Waals surface area contributed by atoms with Crippen LogP contribution in [0.2, 0.25) is 5.02 Å². The zero-order chi connectivity index (χ0) is 13.0. The molecule has 0 saturated carbocycles. The highest BCUT2D eigenvalue weighted by Crippen LogP contribution is 2.27. The predicted molar refractivity (Wildman–Crippen MR) is 72.8 cm³/mol. The number of aldehydes is 1. The average Bonchev–Trinajstić information content (AvgIpc) is 2.40. The summed E-state index contributed by atoms with van der Waals surface area (Å²) in [6.07, 6.45) is 0.833. The second-order valence-electron chi connectivity index (χ2n) is 3.69. The third-order valence-electron chi connectivity index (χ3n) is 2.42. The molecule has 0 amide bonds. The molecule has 0 radical (unpaired) electrons. The minimum Gasteiger partial charge on any atom is -0.298 e. The molecule has 0 saturated heterocycles. The van der Waals surface area contributed by atoms with E-state index < -0.39 is 5.82 Å². The van der Waals surface area contributed by atoms with Gasteiger partial charge in [-0.15, -0.1) is 11.8 Å². The summed E-state index contributed by atoms with van der Waals surface area (Å²) in [6, 6.07) is 12.0. The van der Waals surface area contributed by atoms with Crippen molar-refractivity contribution in [2.45, 2.75) is 10.6 Å². The second-order valence-corrected chi connectivity index (χ2v) is 5.12. The fraction of sp³-hybridized carbons (Fsp3) is 0.0714. The van der Waals surface area contributed by atoms with Crippen LogP contribution in [0.3, 0.4) is 0 Å². The van der Waals surface area contributed by atoms with Crippen molar-refractivity contribution >= 4 is 29.6 Å². The Kier molecular flexibility index (Phi) is 4.39. The molecule has 0 spiro atoms. The Balaban J connectivity index is 2.11. The first kappa shape index (κ1) is 13.1. The van der Waals surface area contributed by atoms with Gasteiger partial charge in [-0.3, -0.25) is 4.79 Å². The Morgan fingerprint density at radius 2 is 2.00 bits per heavy atom. The topological polar surface area (TPSA) is 17.1 Å². The lowest BCUT2D eigenvalue weighted by molar-refractivity contribution is 0.112. The normalized spacial score (nSPS) is 10.3. The van der Waals surface area contributed by atoms with Crippen LogP contribution in [0.4, 0.5) is 4.39 Å². The van der Waals surface area contributed by atoms with Crippen LogP contribution in [0.25, 0.3) is 0 Å². The molecule has 92 valence electrons. The third kappa shape index (κ3) is 3.12.